The van der Waals surface area contributed by atoms with Crippen LogP contribution in [0.15, 0.2) is 30.3 Å². The number of hydrogen-bond acceptors (Lipinski definition) is 3. The fourth-order valence-corrected chi connectivity index (χ4v) is 2.14. The summed E-state index contributed by atoms with van der Waals surface area (Å²) in [6.45, 7) is 2.77. The van der Waals surface area contributed by atoms with Gasteiger partial charge in [0.1, 0.15) is 0 Å². The van der Waals surface area contributed by atoms with Gasteiger partial charge in [-0.2, -0.15) is 0 Å². The van der Waals surface area contributed by atoms with Crippen molar-refractivity contribution in [1.82, 2.24) is 10.6 Å². The highest BCUT2D eigenvalue weighted by atomic mass is 16.5. The molecule has 0 aromatic heterocycles. The van der Waals surface area contributed by atoms with Crippen molar-refractivity contribution >= 4 is 0 Å². The summed E-state index contributed by atoms with van der Waals surface area (Å²) >= 11 is 0. The minimum absolute atomic E-state index is 0.325. The molecule has 2 unspecified atom stereocenters. The van der Waals surface area contributed by atoms with E-state index in [9.17, 15) is 0 Å². The molecule has 1 aliphatic heterocycles. The van der Waals surface area contributed by atoms with Crippen LogP contribution in [0.1, 0.15) is 18.0 Å². The lowest BCUT2D eigenvalue weighted by atomic mass is 10.0. The number of morpholine rings is 1. The number of hydrogen-bond donors (Lipinski definition) is 2. The molecular formula is C13H20N2O. The fraction of sp³-hybridized carbons (Fsp3) is 0.538. The molecule has 1 saturated heterocycles. The number of rotatable bonds is 4. The second-order valence-electron chi connectivity index (χ2n) is 4.18. The molecule has 0 amide bonds. The van der Waals surface area contributed by atoms with Crippen LogP contribution in [0.3, 0.4) is 0 Å². The van der Waals surface area contributed by atoms with E-state index in [1.165, 1.54) is 5.56 Å². The zero-order valence-corrected chi connectivity index (χ0v) is 9.78. The Balaban J connectivity index is 1.94. The van der Waals surface area contributed by atoms with Gasteiger partial charge in [-0.15, -0.1) is 0 Å². The topological polar surface area (TPSA) is 33.3 Å². The van der Waals surface area contributed by atoms with Crippen LogP contribution in [0.4, 0.5) is 0 Å². The van der Waals surface area contributed by atoms with Crippen molar-refractivity contribution in [2.75, 3.05) is 26.7 Å². The Bertz CT molecular complexity index is 296. The van der Waals surface area contributed by atoms with E-state index in [4.69, 9.17) is 4.74 Å². The van der Waals surface area contributed by atoms with Crippen molar-refractivity contribution in [3.05, 3.63) is 35.9 Å². The van der Waals surface area contributed by atoms with Gasteiger partial charge in [0.2, 0.25) is 0 Å². The molecule has 1 aromatic rings. The van der Waals surface area contributed by atoms with Gasteiger partial charge < -0.3 is 15.4 Å². The van der Waals surface area contributed by atoms with Crippen LogP contribution in [0.25, 0.3) is 0 Å². The van der Waals surface area contributed by atoms with Gasteiger partial charge in [-0.05, 0) is 19.0 Å². The average molecular weight is 220 g/mol. The zero-order chi connectivity index (χ0) is 11.2. The highest BCUT2D eigenvalue weighted by Crippen LogP contribution is 2.19. The molecule has 0 radical (unpaired) electrons. The summed E-state index contributed by atoms with van der Waals surface area (Å²) in [6, 6.07) is 10.9. The minimum Gasteiger partial charge on any atom is -0.376 e. The molecule has 2 atom stereocenters. The molecular weight excluding hydrogens is 200 g/mol. The summed E-state index contributed by atoms with van der Waals surface area (Å²) in [5, 5.41) is 6.72. The lowest BCUT2D eigenvalue weighted by Gasteiger charge is -2.27. The van der Waals surface area contributed by atoms with Crippen LogP contribution < -0.4 is 10.6 Å². The quantitative estimate of drug-likeness (QED) is 0.803. The number of ether oxygens (including phenoxy) is 1. The molecule has 2 N–H and O–H groups in total. The first-order chi connectivity index (χ1) is 7.90. The summed E-state index contributed by atoms with van der Waals surface area (Å²) in [7, 11) is 2.01. The Hall–Kier alpha value is -0.900. The molecule has 16 heavy (non-hydrogen) atoms. The van der Waals surface area contributed by atoms with Gasteiger partial charge in [-0.1, -0.05) is 30.3 Å². The fourth-order valence-electron chi connectivity index (χ4n) is 2.14. The summed E-state index contributed by atoms with van der Waals surface area (Å²) in [4.78, 5) is 0. The first-order valence-corrected chi connectivity index (χ1v) is 5.94. The van der Waals surface area contributed by atoms with E-state index in [2.05, 4.69) is 41.0 Å². The van der Waals surface area contributed by atoms with Gasteiger partial charge in [-0.25, -0.2) is 0 Å². The van der Waals surface area contributed by atoms with Gasteiger partial charge >= 0.3 is 0 Å². The molecule has 1 heterocycles. The lowest BCUT2D eigenvalue weighted by Crippen LogP contribution is -2.40. The van der Waals surface area contributed by atoms with Gasteiger partial charge in [0.15, 0.2) is 0 Å². The SMILES string of the molecule is CNC(CC1CNCCO1)c1ccccc1. The van der Waals surface area contributed by atoms with Crippen LogP contribution in [-0.4, -0.2) is 32.8 Å². The van der Waals surface area contributed by atoms with Crippen molar-refractivity contribution in [2.45, 2.75) is 18.6 Å². The van der Waals surface area contributed by atoms with Gasteiger partial charge in [-0.3, -0.25) is 0 Å². The molecule has 2 rings (SSSR count). The first kappa shape index (κ1) is 11.6. The summed E-state index contributed by atoms with van der Waals surface area (Å²) in [5.41, 5.74) is 1.33. The molecule has 0 bridgehead atoms. The molecule has 0 saturated carbocycles. The van der Waals surface area contributed by atoms with E-state index in [0.29, 0.717) is 12.1 Å². The molecule has 1 aliphatic rings. The highest BCUT2D eigenvalue weighted by molar-refractivity contribution is 5.18. The maximum absolute atomic E-state index is 5.73. The predicted molar refractivity (Wildman–Crippen MR) is 65.5 cm³/mol. The summed E-state index contributed by atoms with van der Waals surface area (Å²) < 4.78 is 5.73. The standard InChI is InChI=1S/C13H20N2O/c1-14-13(11-5-3-2-4-6-11)9-12-10-15-7-8-16-12/h2-6,12-15H,7-10H2,1H3. The predicted octanol–water partition coefficient (Wildman–Crippen LogP) is 1.33. The Morgan fingerprint density at radius 3 is 2.88 bits per heavy atom. The molecule has 0 aliphatic carbocycles. The normalized spacial score (nSPS) is 22.9. The van der Waals surface area contributed by atoms with Crippen LogP contribution >= 0.6 is 0 Å². The van der Waals surface area contributed by atoms with Crippen molar-refractivity contribution in [2.24, 2.45) is 0 Å². The van der Waals surface area contributed by atoms with E-state index in [-0.39, 0.29) is 0 Å². The molecule has 1 fully saturated rings. The Kier molecular flexibility index (Phi) is 4.34. The Labute approximate surface area is 97.2 Å². The maximum atomic E-state index is 5.73. The van der Waals surface area contributed by atoms with Gasteiger partial charge in [0.25, 0.3) is 0 Å². The third-order valence-electron chi connectivity index (χ3n) is 3.05. The highest BCUT2D eigenvalue weighted by Gasteiger charge is 2.19. The van der Waals surface area contributed by atoms with Crippen molar-refractivity contribution in [3.8, 4) is 0 Å². The molecule has 3 heteroatoms. The van der Waals surface area contributed by atoms with Crippen molar-refractivity contribution in [1.29, 1.82) is 0 Å². The van der Waals surface area contributed by atoms with E-state index in [1.54, 1.807) is 0 Å². The van der Waals surface area contributed by atoms with E-state index >= 15 is 0 Å². The second kappa shape index (κ2) is 5.99. The minimum atomic E-state index is 0.325. The Morgan fingerprint density at radius 1 is 1.44 bits per heavy atom. The molecule has 88 valence electrons. The van der Waals surface area contributed by atoms with E-state index in [0.717, 1.165) is 26.1 Å². The smallest absolute Gasteiger partial charge is 0.0718 e. The Morgan fingerprint density at radius 2 is 2.25 bits per heavy atom. The molecule has 0 spiro atoms. The lowest BCUT2D eigenvalue weighted by molar-refractivity contribution is 0.0176. The van der Waals surface area contributed by atoms with Crippen molar-refractivity contribution in [3.63, 3.8) is 0 Å². The number of nitrogens with one attached hydrogen (secondary N) is 2. The largest absolute Gasteiger partial charge is 0.376 e. The third-order valence-corrected chi connectivity index (χ3v) is 3.05. The maximum Gasteiger partial charge on any atom is 0.0718 e. The summed E-state index contributed by atoms with van der Waals surface area (Å²) in [5.74, 6) is 0. The van der Waals surface area contributed by atoms with Crippen molar-refractivity contribution < 1.29 is 4.74 Å². The first-order valence-electron chi connectivity index (χ1n) is 5.94. The zero-order valence-electron chi connectivity index (χ0n) is 9.78. The van der Waals surface area contributed by atoms with E-state index in [1.807, 2.05) is 7.05 Å². The summed E-state index contributed by atoms with van der Waals surface area (Å²) in [6.07, 6.45) is 1.35. The monoisotopic (exact) mass is 220 g/mol. The number of benzene rings is 1. The van der Waals surface area contributed by atoms with Crippen LogP contribution in [0.5, 0.6) is 0 Å². The van der Waals surface area contributed by atoms with Crippen LogP contribution in [0, 0.1) is 0 Å². The molecule has 3 nitrogen and oxygen atoms in total. The van der Waals surface area contributed by atoms with E-state index < -0.39 is 0 Å². The van der Waals surface area contributed by atoms with Crippen LogP contribution in [-0.2, 0) is 4.74 Å². The van der Waals surface area contributed by atoms with Crippen LogP contribution in [0.2, 0.25) is 0 Å². The molecule has 1 aromatic carbocycles. The second-order valence-corrected chi connectivity index (χ2v) is 4.18. The van der Waals surface area contributed by atoms with Gasteiger partial charge in [0.05, 0.1) is 12.7 Å². The third kappa shape index (κ3) is 3.04. The average Bonchev–Trinajstić information content (AvgIpc) is 2.38. The van der Waals surface area contributed by atoms with Gasteiger partial charge in [0, 0.05) is 19.1 Å².